The zero-order valence-corrected chi connectivity index (χ0v) is 12.1. The van der Waals surface area contributed by atoms with Crippen molar-refractivity contribution >= 4 is 27.5 Å². The zero-order valence-electron chi connectivity index (χ0n) is 10.6. The van der Waals surface area contributed by atoms with E-state index in [0.29, 0.717) is 17.2 Å². The van der Waals surface area contributed by atoms with Crippen LogP contribution in [0.15, 0.2) is 58.1 Å². The molecule has 20 heavy (non-hydrogen) atoms. The number of hydrazine groups is 1. The number of furan rings is 1. The van der Waals surface area contributed by atoms with Gasteiger partial charge < -0.3 is 9.15 Å². The average molecular weight is 337 g/mol. The van der Waals surface area contributed by atoms with Crippen molar-refractivity contribution in [2.24, 2.45) is 0 Å². The van der Waals surface area contributed by atoms with Crippen LogP contribution in [0.25, 0.3) is 5.70 Å². The molecule has 1 heterocycles. The Morgan fingerprint density at radius 3 is 2.85 bits per heavy atom. The van der Waals surface area contributed by atoms with Crippen molar-refractivity contribution in [1.82, 2.24) is 10.9 Å². The molecule has 104 valence electrons. The van der Waals surface area contributed by atoms with Crippen LogP contribution in [0.5, 0.6) is 5.75 Å². The highest BCUT2D eigenvalue weighted by Crippen LogP contribution is 2.17. The summed E-state index contributed by atoms with van der Waals surface area (Å²) >= 11 is 3.33. The van der Waals surface area contributed by atoms with Gasteiger partial charge in [0, 0.05) is 4.47 Å². The number of carbonyl (C=O) groups excluding carboxylic acids is 1. The third-order valence-electron chi connectivity index (χ3n) is 2.34. The van der Waals surface area contributed by atoms with Gasteiger partial charge in [-0.3, -0.25) is 15.6 Å². The highest BCUT2D eigenvalue weighted by molar-refractivity contribution is 9.10. The predicted octanol–water partition coefficient (Wildman–Crippen LogP) is 2.71. The molecule has 6 heteroatoms. The van der Waals surface area contributed by atoms with Gasteiger partial charge in [-0.25, -0.2) is 0 Å². The van der Waals surface area contributed by atoms with Gasteiger partial charge in [0.2, 0.25) is 0 Å². The fourth-order valence-corrected chi connectivity index (χ4v) is 1.78. The summed E-state index contributed by atoms with van der Waals surface area (Å²) in [6, 6.07) is 10.7. The molecule has 0 aliphatic rings. The van der Waals surface area contributed by atoms with E-state index >= 15 is 0 Å². The van der Waals surface area contributed by atoms with Crippen LogP contribution >= 0.6 is 15.9 Å². The summed E-state index contributed by atoms with van der Waals surface area (Å²) in [6.07, 6.45) is 1.53. The number of hydrogen-bond donors (Lipinski definition) is 2. The fraction of sp³-hybridized carbons (Fsp3) is 0.0714. The van der Waals surface area contributed by atoms with Crippen LogP contribution in [0.3, 0.4) is 0 Å². The molecule has 0 saturated heterocycles. The maximum atomic E-state index is 11.6. The van der Waals surface area contributed by atoms with E-state index in [0.717, 1.165) is 4.47 Å². The van der Waals surface area contributed by atoms with Gasteiger partial charge in [-0.15, -0.1) is 0 Å². The lowest BCUT2D eigenvalue weighted by molar-refractivity contribution is -0.123. The second-order valence-corrected chi connectivity index (χ2v) is 4.79. The van der Waals surface area contributed by atoms with Gasteiger partial charge >= 0.3 is 0 Å². The number of nitrogens with one attached hydrogen (secondary N) is 2. The zero-order chi connectivity index (χ0) is 14.4. The molecule has 0 aliphatic heterocycles. The molecule has 0 bridgehead atoms. The second kappa shape index (κ2) is 6.81. The number of amides is 1. The lowest BCUT2D eigenvalue weighted by atomic mass is 10.3. The Labute approximate surface area is 124 Å². The van der Waals surface area contributed by atoms with E-state index in [-0.39, 0.29) is 12.5 Å². The largest absolute Gasteiger partial charge is 0.484 e. The van der Waals surface area contributed by atoms with Gasteiger partial charge in [0.1, 0.15) is 5.75 Å². The molecule has 0 spiro atoms. The molecule has 0 atom stereocenters. The Morgan fingerprint density at radius 2 is 2.15 bits per heavy atom. The van der Waals surface area contributed by atoms with Gasteiger partial charge in [-0.05, 0) is 30.3 Å². The standard InChI is InChI=1S/C14H13BrN2O3/c1-10(13-6-3-7-19-13)16-17-14(18)9-20-12-5-2-4-11(15)8-12/h2-8,16H,1,9H2,(H,17,18). The maximum Gasteiger partial charge on any atom is 0.276 e. The summed E-state index contributed by atoms with van der Waals surface area (Å²) in [5, 5.41) is 0. The van der Waals surface area contributed by atoms with Crippen molar-refractivity contribution < 1.29 is 13.9 Å². The van der Waals surface area contributed by atoms with Crippen molar-refractivity contribution in [3.8, 4) is 5.75 Å². The van der Waals surface area contributed by atoms with E-state index in [1.54, 1.807) is 24.3 Å². The van der Waals surface area contributed by atoms with E-state index < -0.39 is 0 Å². The van der Waals surface area contributed by atoms with E-state index in [1.165, 1.54) is 6.26 Å². The molecule has 5 nitrogen and oxygen atoms in total. The molecule has 0 aliphatic carbocycles. The SMILES string of the molecule is C=C(NNC(=O)COc1cccc(Br)c1)c1ccco1. The minimum atomic E-state index is -0.322. The minimum absolute atomic E-state index is 0.102. The first kappa shape index (κ1) is 14.2. The first-order valence-electron chi connectivity index (χ1n) is 5.81. The summed E-state index contributed by atoms with van der Waals surface area (Å²) in [5.41, 5.74) is 5.59. The quantitative estimate of drug-likeness (QED) is 0.796. The highest BCUT2D eigenvalue weighted by atomic mass is 79.9. The van der Waals surface area contributed by atoms with E-state index in [4.69, 9.17) is 9.15 Å². The highest BCUT2D eigenvalue weighted by Gasteiger charge is 2.05. The van der Waals surface area contributed by atoms with E-state index in [2.05, 4.69) is 33.4 Å². The number of hydrogen-bond acceptors (Lipinski definition) is 4. The third-order valence-corrected chi connectivity index (χ3v) is 2.83. The molecule has 0 radical (unpaired) electrons. The summed E-state index contributed by atoms with van der Waals surface area (Å²) < 4.78 is 11.3. The lowest BCUT2D eigenvalue weighted by Gasteiger charge is -2.10. The van der Waals surface area contributed by atoms with Gasteiger partial charge in [0.15, 0.2) is 12.4 Å². The Balaban J connectivity index is 1.74. The van der Waals surface area contributed by atoms with Crippen LogP contribution in [0.1, 0.15) is 5.76 Å². The summed E-state index contributed by atoms with van der Waals surface area (Å²) in [6.45, 7) is 3.63. The van der Waals surface area contributed by atoms with Gasteiger partial charge in [-0.2, -0.15) is 0 Å². The average Bonchev–Trinajstić information content (AvgIpc) is 2.97. The van der Waals surface area contributed by atoms with Gasteiger partial charge in [-0.1, -0.05) is 28.6 Å². The molecule has 0 unspecified atom stereocenters. The Morgan fingerprint density at radius 1 is 1.30 bits per heavy atom. The molecular weight excluding hydrogens is 324 g/mol. The molecule has 1 aromatic heterocycles. The lowest BCUT2D eigenvalue weighted by Crippen LogP contribution is -2.38. The van der Waals surface area contributed by atoms with Crippen LogP contribution in [-0.4, -0.2) is 12.5 Å². The number of benzene rings is 1. The molecule has 2 aromatic rings. The van der Waals surface area contributed by atoms with Gasteiger partial charge in [0.25, 0.3) is 5.91 Å². The Kier molecular flexibility index (Phi) is 4.84. The third kappa shape index (κ3) is 4.17. The van der Waals surface area contributed by atoms with Crippen LogP contribution in [0, 0.1) is 0 Å². The normalized spacial score (nSPS) is 9.85. The predicted molar refractivity (Wildman–Crippen MR) is 78.7 cm³/mol. The number of rotatable bonds is 6. The van der Waals surface area contributed by atoms with E-state index in [9.17, 15) is 4.79 Å². The summed E-state index contributed by atoms with van der Waals surface area (Å²) in [5.74, 6) is 0.843. The van der Waals surface area contributed by atoms with Crippen molar-refractivity contribution in [2.45, 2.75) is 0 Å². The number of halogens is 1. The number of ether oxygens (including phenoxy) is 1. The molecule has 2 rings (SSSR count). The Bertz CT molecular complexity index is 596. The molecule has 1 amide bonds. The van der Waals surface area contributed by atoms with Gasteiger partial charge in [0.05, 0.1) is 12.0 Å². The summed E-state index contributed by atoms with van der Waals surface area (Å²) in [4.78, 5) is 11.6. The van der Waals surface area contributed by atoms with Crippen LogP contribution in [0.2, 0.25) is 0 Å². The van der Waals surface area contributed by atoms with Crippen molar-refractivity contribution in [1.29, 1.82) is 0 Å². The minimum Gasteiger partial charge on any atom is -0.484 e. The fourth-order valence-electron chi connectivity index (χ4n) is 1.40. The first-order chi connectivity index (χ1) is 9.65. The van der Waals surface area contributed by atoms with Crippen LogP contribution in [-0.2, 0) is 4.79 Å². The number of carbonyl (C=O) groups is 1. The van der Waals surface area contributed by atoms with Crippen molar-refractivity contribution in [3.05, 3.63) is 59.5 Å². The van der Waals surface area contributed by atoms with Crippen molar-refractivity contribution in [2.75, 3.05) is 6.61 Å². The second-order valence-electron chi connectivity index (χ2n) is 3.88. The Hall–Kier alpha value is -2.21. The molecule has 0 fully saturated rings. The monoisotopic (exact) mass is 336 g/mol. The van der Waals surface area contributed by atoms with Crippen molar-refractivity contribution in [3.63, 3.8) is 0 Å². The molecule has 1 aromatic carbocycles. The smallest absolute Gasteiger partial charge is 0.276 e. The first-order valence-corrected chi connectivity index (χ1v) is 6.60. The maximum absolute atomic E-state index is 11.6. The van der Waals surface area contributed by atoms with Crippen LogP contribution < -0.4 is 15.6 Å². The topological polar surface area (TPSA) is 63.5 Å². The molecular formula is C14H13BrN2O3. The molecule has 2 N–H and O–H groups in total. The molecule has 0 saturated carbocycles. The van der Waals surface area contributed by atoms with Crippen LogP contribution in [0.4, 0.5) is 0 Å². The summed E-state index contributed by atoms with van der Waals surface area (Å²) in [7, 11) is 0. The van der Waals surface area contributed by atoms with E-state index in [1.807, 2.05) is 12.1 Å².